The van der Waals surface area contributed by atoms with Gasteiger partial charge in [-0.25, -0.2) is 8.42 Å². The van der Waals surface area contributed by atoms with Gasteiger partial charge in [-0.3, -0.25) is 4.79 Å². The van der Waals surface area contributed by atoms with Crippen molar-refractivity contribution in [2.45, 2.75) is 22.7 Å². The molecule has 1 aliphatic rings. The van der Waals surface area contributed by atoms with Gasteiger partial charge in [0.25, 0.3) is 0 Å². The van der Waals surface area contributed by atoms with E-state index in [1.165, 1.54) is 12.1 Å². The zero-order valence-electron chi connectivity index (χ0n) is 10.3. The van der Waals surface area contributed by atoms with Gasteiger partial charge in [-0.1, -0.05) is 18.2 Å². The van der Waals surface area contributed by atoms with Gasteiger partial charge in [0.1, 0.15) is 0 Å². The number of alkyl halides is 3. The first kappa shape index (κ1) is 14.8. The van der Waals surface area contributed by atoms with Crippen LogP contribution in [0.2, 0.25) is 0 Å². The molecule has 4 nitrogen and oxygen atoms in total. The van der Waals surface area contributed by atoms with Crippen molar-refractivity contribution in [3.8, 4) is 0 Å². The fourth-order valence-corrected chi connectivity index (χ4v) is 3.86. The number of rotatable bonds is 2. The second-order valence-electron chi connectivity index (χ2n) is 4.52. The Hall–Kier alpha value is -1.57. The molecule has 2 rings (SSSR count). The van der Waals surface area contributed by atoms with Crippen molar-refractivity contribution >= 4 is 15.7 Å². The summed E-state index contributed by atoms with van der Waals surface area (Å²) in [5, 5.41) is -0.990. The molecule has 0 saturated carbocycles. The summed E-state index contributed by atoms with van der Waals surface area (Å²) in [4.78, 5) is 11.7. The van der Waals surface area contributed by atoms with Gasteiger partial charge in [0.15, 0.2) is 9.84 Å². The summed E-state index contributed by atoms with van der Waals surface area (Å²) in [6.07, 6.45) is -4.95. The molecule has 0 radical (unpaired) electrons. The number of hydrogen-bond acceptors (Lipinski definition) is 3. The van der Waals surface area contributed by atoms with Crippen molar-refractivity contribution in [3.63, 3.8) is 0 Å². The van der Waals surface area contributed by atoms with Crippen molar-refractivity contribution in [3.05, 3.63) is 30.3 Å². The van der Waals surface area contributed by atoms with Crippen LogP contribution >= 0.6 is 0 Å². The molecule has 0 bridgehead atoms. The lowest BCUT2D eigenvalue weighted by molar-refractivity contribution is -0.184. The van der Waals surface area contributed by atoms with Gasteiger partial charge in [0.05, 0.1) is 10.1 Å². The zero-order valence-corrected chi connectivity index (χ0v) is 11.1. The Morgan fingerprint density at radius 2 is 1.80 bits per heavy atom. The number of amides is 1. The fraction of sp³-hybridized carbons (Fsp3) is 0.417. The summed E-state index contributed by atoms with van der Waals surface area (Å²) in [5.41, 5.74) is 0. The lowest BCUT2D eigenvalue weighted by Gasteiger charge is -2.18. The minimum absolute atomic E-state index is 0.0129. The van der Waals surface area contributed by atoms with Crippen LogP contribution in [0.15, 0.2) is 35.2 Å². The lowest BCUT2D eigenvalue weighted by Crippen LogP contribution is -2.40. The number of carbonyl (C=O) groups excluding carboxylic acids is 1. The predicted octanol–water partition coefficient (Wildman–Crippen LogP) is 1.62. The van der Waals surface area contributed by atoms with E-state index >= 15 is 0 Å². The molecule has 1 aliphatic heterocycles. The minimum atomic E-state index is -4.97. The Kier molecular flexibility index (Phi) is 3.77. The van der Waals surface area contributed by atoms with Crippen LogP contribution in [0, 0.1) is 0 Å². The zero-order chi connectivity index (χ0) is 15.0. The summed E-state index contributed by atoms with van der Waals surface area (Å²) in [6.45, 7) is -0.620. The highest BCUT2D eigenvalue weighted by Crippen LogP contribution is 2.27. The fourth-order valence-electron chi connectivity index (χ4n) is 2.15. The molecule has 20 heavy (non-hydrogen) atoms. The highest BCUT2D eigenvalue weighted by Gasteiger charge is 2.46. The molecule has 1 heterocycles. The normalized spacial score (nSPS) is 20.1. The van der Waals surface area contributed by atoms with E-state index in [0.717, 1.165) is 0 Å². The van der Waals surface area contributed by atoms with Gasteiger partial charge in [-0.05, 0) is 18.6 Å². The van der Waals surface area contributed by atoms with Crippen LogP contribution in [0.5, 0.6) is 0 Å². The first-order chi connectivity index (χ1) is 9.23. The molecule has 1 aromatic carbocycles. The number of nitrogens with zero attached hydrogens (tertiary/aromatic N) is 1. The molecule has 0 aromatic heterocycles. The van der Waals surface area contributed by atoms with Crippen molar-refractivity contribution in [1.29, 1.82) is 0 Å². The number of hydrogen-bond donors (Lipinski definition) is 0. The van der Waals surface area contributed by atoms with Crippen molar-refractivity contribution in [1.82, 2.24) is 4.90 Å². The van der Waals surface area contributed by atoms with Crippen molar-refractivity contribution in [2.75, 3.05) is 13.1 Å². The van der Waals surface area contributed by atoms with Crippen molar-refractivity contribution < 1.29 is 26.4 Å². The smallest absolute Gasteiger partial charge is 0.334 e. The number of halogens is 3. The Bertz CT molecular complexity index is 598. The van der Waals surface area contributed by atoms with E-state index in [0.29, 0.717) is 4.90 Å². The third kappa shape index (κ3) is 2.79. The van der Waals surface area contributed by atoms with Gasteiger partial charge in [0, 0.05) is 13.1 Å². The SMILES string of the molecule is O=C(N1CCC(S(=O)(=O)c2ccccc2)C1)C(F)(F)F. The second-order valence-corrected chi connectivity index (χ2v) is 6.75. The van der Waals surface area contributed by atoms with Crippen LogP contribution in [-0.2, 0) is 14.6 Å². The van der Waals surface area contributed by atoms with Gasteiger partial charge in [-0.2, -0.15) is 13.2 Å². The molecule has 0 aliphatic carbocycles. The van der Waals surface area contributed by atoms with Crippen LogP contribution in [0.25, 0.3) is 0 Å². The average Bonchev–Trinajstić information content (AvgIpc) is 2.88. The number of likely N-dealkylation sites (tertiary alicyclic amines) is 1. The Morgan fingerprint density at radius 1 is 1.20 bits per heavy atom. The maximum absolute atomic E-state index is 12.3. The molecular weight excluding hydrogens is 295 g/mol. The molecule has 110 valence electrons. The summed E-state index contributed by atoms with van der Waals surface area (Å²) in [7, 11) is -3.71. The second kappa shape index (κ2) is 5.08. The van der Waals surface area contributed by atoms with Crippen LogP contribution in [-0.4, -0.2) is 43.7 Å². The third-order valence-corrected chi connectivity index (χ3v) is 5.38. The average molecular weight is 307 g/mol. The molecule has 1 saturated heterocycles. The highest BCUT2D eigenvalue weighted by atomic mass is 32.2. The summed E-state index contributed by atoms with van der Waals surface area (Å²) < 4.78 is 61.4. The predicted molar refractivity (Wildman–Crippen MR) is 64.7 cm³/mol. The van der Waals surface area contributed by atoms with Gasteiger partial charge < -0.3 is 4.90 Å². The Morgan fingerprint density at radius 3 is 2.35 bits per heavy atom. The standard InChI is InChI=1S/C12H12F3NO3S/c13-12(14,15)11(17)16-7-6-10(8-16)20(18,19)9-4-2-1-3-5-9/h1-5,10H,6-8H2. The van der Waals surface area contributed by atoms with Gasteiger partial charge in [-0.15, -0.1) is 0 Å². The first-order valence-corrected chi connectivity index (χ1v) is 7.42. The lowest BCUT2D eigenvalue weighted by atomic mass is 10.4. The molecule has 1 atom stereocenters. The van der Waals surface area contributed by atoms with E-state index in [9.17, 15) is 26.4 Å². The number of carbonyl (C=O) groups is 1. The monoisotopic (exact) mass is 307 g/mol. The quantitative estimate of drug-likeness (QED) is 0.834. The molecular formula is C12H12F3NO3S. The third-order valence-electron chi connectivity index (χ3n) is 3.19. The maximum atomic E-state index is 12.3. The maximum Gasteiger partial charge on any atom is 0.471 e. The Labute approximate surface area is 114 Å². The Balaban J connectivity index is 2.16. The summed E-state index contributed by atoms with van der Waals surface area (Å²) >= 11 is 0. The minimum Gasteiger partial charge on any atom is -0.334 e. The largest absolute Gasteiger partial charge is 0.471 e. The van der Waals surface area contributed by atoms with Gasteiger partial charge >= 0.3 is 12.1 Å². The molecule has 8 heteroatoms. The van der Waals surface area contributed by atoms with E-state index in [1.807, 2.05) is 0 Å². The van der Waals surface area contributed by atoms with E-state index in [1.54, 1.807) is 18.2 Å². The summed E-state index contributed by atoms with van der Waals surface area (Å²) in [5.74, 6) is -1.98. The van der Waals surface area contributed by atoms with Crippen LogP contribution in [0.1, 0.15) is 6.42 Å². The molecule has 0 spiro atoms. The van der Waals surface area contributed by atoms with Crippen LogP contribution in [0.4, 0.5) is 13.2 Å². The molecule has 1 aromatic rings. The van der Waals surface area contributed by atoms with Crippen LogP contribution < -0.4 is 0 Å². The van der Waals surface area contributed by atoms with E-state index in [4.69, 9.17) is 0 Å². The van der Waals surface area contributed by atoms with Gasteiger partial charge in [0.2, 0.25) is 0 Å². The van der Waals surface area contributed by atoms with Crippen LogP contribution in [0.3, 0.4) is 0 Å². The first-order valence-electron chi connectivity index (χ1n) is 5.88. The molecule has 1 amide bonds. The van der Waals surface area contributed by atoms with E-state index in [-0.39, 0.29) is 17.9 Å². The summed E-state index contributed by atoms with van der Waals surface area (Å²) in [6, 6.07) is 7.52. The number of sulfone groups is 1. The highest BCUT2D eigenvalue weighted by molar-refractivity contribution is 7.92. The number of benzene rings is 1. The molecule has 1 unspecified atom stereocenters. The molecule has 1 fully saturated rings. The topological polar surface area (TPSA) is 54.5 Å². The van der Waals surface area contributed by atoms with E-state index in [2.05, 4.69) is 0 Å². The van der Waals surface area contributed by atoms with Crippen molar-refractivity contribution in [2.24, 2.45) is 0 Å². The molecule has 0 N–H and O–H groups in total. The van der Waals surface area contributed by atoms with E-state index < -0.39 is 33.7 Å².